The molecule has 1 saturated carbocycles. The molecule has 0 unspecified atom stereocenters. The number of allylic oxidation sites excluding steroid dienone is 1. The van der Waals surface area contributed by atoms with E-state index in [1.807, 2.05) is 26.0 Å². The molecule has 4 rings (SSSR count). The molecule has 2 bridgehead atoms. The molecule has 3 aliphatic rings. The van der Waals surface area contributed by atoms with Crippen LogP contribution >= 0.6 is 11.6 Å². The highest BCUT2D eigenvalue weighted by Gasteiger charge is 2.56. The van der Waals surface area contributed by atoms with Crippen LogP contribution in [0.25, 0.3) is 0 Å². The summed E-state index contributed by atoms with van der Waals surface area (Å²) in [7, 11) is 0. The van der Waals surface area contributed by atoms with Crippen molar-refractivity contribution in [3.63, 3.8) is 0 Å². The number of hydrogen-bond donors (Lipinski definition) is 1. The molecule has 1 nitrogen and oxygen atoms in total. The second kappa shape index (κ2) is 4.28. The zero-order valence-corrected chi connectivity index (χ0v) is 12.3. The van der Waals surface area contributed by atoms with E-state index in [-0.39, 0.29) is 12.8 Å². The third-order valence-corrected chi connectivity index (χ3v) is 5.63. The number of aliphatic hydroxyl groups is 1. The maximum atomic E-state index is 14.6. The average Bonchev–Trinajstić information content (AvgIpc) is 2.43. The van der Waals surface area contributed by atoms with Crippen LogP contribution in [-0.4, -0.2) is 10.7 Å². The van der Waals surface area contributed by atoms with E-state index in [0.717, 1.165) is 16.7 Å². The van der Waals surface area contributed by atoms with Crippen LogP contribution < -0.4 is 0 Å². The van der Waals surface area contributed by atoms with E-state index in [4.69, 9.17) is 11.6 Å². The van der Waals surface area contributed by atoms with Crippen LogP contribution in [0.2, 0.25) is 5.02 Å². The normalized spacial score (nSPS) is 32.9. The van der Waals surface area contributed by atoms with Gasteiger partial charge in [0.25, 0.3) is 0 Å². The molecule has 1 aromatic rings. The Balaban J connectivity index is 2.23. The van der Waals surface area contributed by atoms with Crippen molar-refractivity contribution < 1.29 is 13.9 Å². The van der Waals surface area contributed by atoms with Crippen LogP contribution in [0, 0.1) is 13.8 Å². The number of fused-ring (bicyclic) bond motifs is 2. The molecule has 0 aliphatic heterocycles. The molecule has 0 radical (unpaired) electrons. The number of hydrogen-bond acceptors (Lipinski definition) is 1. The fraction of sp³-hybridized carbons (Fsp3) is 0.500. The summed E-state index contributed by atoms with van der Waals surface area (Å²) < 4.78 is 28.7. The lowest BCUT2D eigenvalue weighted by Gasteiger charge is -2.49. The van der Waals surface area contributed by atoms with E-state index in [0.29, 0.717) is 17.9 Å². The van der Waals surface area contributed by atoms with Crippen molar-refractivity contribution in [3.8, 4) is 0 Å². The van der Waals surface area contributed by atoms with Crippen LogP contribution in [0.15, 0.2) is 23.8 Å². The molecule has 0 amide bonds. The summed E-state index contributed by atoms with van der Waals surface area (Å²) >= 11 is 6.26. The summed E-state index contributed by atoms with van der Waals surface area (Å²) in [5.41, 5.74) is -0.0497. The van der Waals surface area contributed by atoms with Gasteiger partial charge >= 0.3 is 0 Å². The van der Waals surface area contributed by atoms with Crippen LogP contribution in [0.3, 0.4) is 0 Å². The Hall–Kier alpha value is -0.930. The monoisotopic (exact) mass is 298 g/mol. The molecule has 0 aromatic heterocycles. The number of halogens is 3. The number of rotatable bonds is 1. The molecule has 1 N–H and O–H groups in total. The zero-order valence-electron chi connectivity index (χ0n) is 11.6. The summed E-state index contributed by atoms with van der Waals surface area (Å²) in [5.74, 6) is -1.79. The van der Waals surface area contributed by atoms with Crippen molar-refractivity contribution in [3.05, 3.63) is 45.5 Å². The maximum Gasteiger partial charge on any atom is 0.164 e. The minimum Gasteiger partial charge on any atom is -0.383 e. The van der Waals surface area contributed by atoms with E-state index in [2.05, 4.69) is 0 Å². The second-order valence-electron chi connectivity index (χ2n) is 6.11. The summed E-state index contributed by atoms with van der Waals surface area (Å²) in [6.07, 6.45) is 1.36. The topological polar surface area (TPSA) is 20.2 Å². The highest BCUT2D eigenvalue weighted by molar-refractivity contribution is 6.32. The SMILES string of the molecule is Cc1ccc(C23CCC(O)(CC2)C(F)=C3F)c(C)c1Cl. The van der Waals surface area contributed by atoms with Gasteiger partial charge in [0.15, 0.2) is 5.83 Å². The largest absolute Gasteiger partial charge is 0.383 e. The Morgan fingerprint density at radius 1 is 1.05 bits per heavy atom. The van der Waals surface area contributed by atoms with Gasteiger partial charge < -0.3 is 5.11 Å². The predicted molar refractivity (Wildman–Crippen MR) is 75.3 cm³/mol. The van der Waals surface area contributed by atoms with E-state index in [9.17, 15) is 13.9 Å². The Bertz CT molecular complexity index is 613. The van der Waals surface area contributed by atoms with Gasteiger partial charge in [-0.1, -0.05) is 23.7 Å². The first kappa shape index (κ1) is 14.0. The average molecular weight is 299 g/mol. The lowest BCUT2D eigenvalue weighted by Crippen LogP contribution is -2.49. The van der Waals surface area contributed by atoms with Gasteiger partial charge in [-0.15, -0.1) is 0 Å². The summed E-state index contributed by atoms with van der Waals surface area (Å²) in [5, 5.41) is 10.7. The maximum absolute atomic E-state index is 14.6. The van der Waals surface area contributed by atoms with Gasteiger partial charge in [0, 0.05) is 5.02 Å². The quantitative estimate of drug-likeness (QED) is 0.799. The molecule has 4 heteroatoms. The Labute approximate surface area is 122 Å². The molecule has 1 aromatic carbocycles. The first-order chi connectivity index (χ1) is 9.32. The Kier molecular flexibility index (Phi) is 3.00. The third-order valence-electron chi connectivity index (χ3n) is 5.05. The van der Waals surface area contributed by atoms with Crippen molar-refractivity contribution in [2.45, 2.75) is 50.5 Å². The fourth-order valence-corrected chi connectivity index (χ4v) is 3.83. The number of aryl methyl sites for hydroxylation is 1. The first-order valence-electron chi connectivity index (χ1n) is 6.87. The van der Waals surface area contributed by atoms with Gasteiger partial charge in [-0.3, -0.25) is 0 Å². The van der Waals surface area contributed by atoms with Gasteiger partial charge in [-0.25, -0.2) is 8.78 Å². The van der Waals surface area contributed by atoms with Gasteiger partial charge in [0.05, 0.1) is 5.41 Å². The van der Waals surface area contributed by atoms with E-state index in [1.54, 1.807) is 0 Å². The molecule has 0 heterocycles. The minimum absolute atomic E-state index is 0.261. The Morgan fingerprint density at radius 3 is 2.25 bits per heavy atom. The summed E-state index contributed by atoms with van der Waals surface area (Å²) in [6, 6.07) is 3.69. The van der Waals surface area contributed by atoms with Gasteiger partial charge in [-0.05, 0) is 56.2 Å². The lowest BCUT2D eigenvalue weighted by atomic mass is 9.58. The van der Waals surface area contributed by atoms with Crippen molar-refractivity contribution in [2.24, 2.45) is 0 Å². The third kappa shape index (κ3) is 1.63. The highest BCUT2D eigenvalue weighted by Crippen LogP contribution is 2.58. The highest BCUT2D eigenvalue weighted by atomic mass is 35.5. The minimum atomic E-state index is -1.59. The van der Waals surface area contributed by atoms with Crippen LogP contribution in [0.1, 0.15) is 42.4 Å². The van der Waals surface area contributed by atoms with E-state index < -0.39 is 22.7 Å². The van der Waals surface area contributed by atoms with Crippen molar-refractivity contribution in [1.82, 2.24) is 0 Å². The molecular formula is C16H17ClF2O. The van der Waals surface area contributed by atoms with Crippen LogP contribution in [0.5, 0.6) is 0 Å². The molecule has 108 valence electrons. The fourth-order valence-electron chi connectivity index (χ4n) is 3.67. The smallest absolute Gasteiger partial charge is 0.164 e. The summed E-state index contributed by atoms with van der Waals surface area (Å²) in [4.78, 5) is 0. The van der Waals surface area contributed by atoms with Crippen molar-refractivity contribution >= 4 is 11.6 Å². The van der Waals surface area contributed by atoms with Gasteiger partial charge in [-0.2, -0.15) is 0 Å². The lowest BCUT2D eigenvalue weighted by molar-refractivity contribution is -0.0263. The van der Waals surface area contributed by atoms with E-state index >= 15 is 0 Å². The van der Waals surface area contributed by atoms with Crippen molar-refractivity contribution in [1.29, 1.82) is 0 Å². The molecule has 20 heavy (non-hydrogen) atoms. The predicted octanol–water partition coefficient (Wildman–Crippen LogP) is 4.66. The molecule has 0 spiro atoms. The zero-order chi connectivity index (χ0) is 14.7. The standard InChI is InChI=1S/C16H17ClF2O/c1-9-3-4-11(10(2)12(9)17)15-5-7-16(20,8-6-15)14(19)13(15)18/h3-4,20H,5-8H2,1-2H3. The van der Waals surface area contributed by atoms with Crippen LogP contribution in [-0.2, 0) is 5.41 Å². The van der Waals surface area contributed by atoms with E-state index in [1.165, 1.54) is 0 Å². The molecule has 3 aliphatic carbocycles. The summed E-state index contributed by atoms with van der Waals surface area (Å²) in [6.45, 7) is 3.74. The second-order valence-corrected chi connectivity index (χ2v) is 6.49. The molecular weight excluding hydrogens is 282 g/mol. The Morgan fingerprint density at radius 2 is 1.65 bits per heavy atom. The number of benzene rings is 1. The van der Waals surface area contributed by atoms with Crippen molar-refractivity contribution in [2.75, 3.05) is 0 Å². The van der Waals surface area contributed by atoms with Gasteiger partial charge in [0.2, 0.25) is 0 Å². The van der Waals surface area contributed by atoms with Gasteiger partial charge in [0.1, 0.15) is 11.4 Å². The molecule has 0 atom stereocenters. The first-order valence-corrected chi connectivity index (χ1v) is 7.24. The van der Waals surface area contributed by atoms with Crippen LogP contribution in [0.4, 0.5) is 8.78 Å². The molecule has 1 fully saturated rings. The molecule has 0 saturated heterocycles.